The molecule has 0 atom stereocenters. The number of hydrogen-bond donors (Lipinski definition) is 1. The number of methoxy groups -OCH3 is 1. The number of benzene rings is 1. The highest BCUT2D eigenvalue weighted by Crippen LogP contribution is 2.30. The van der Waals surface area contributed by atoms with Crippen molar-refractivity contribution in [2.45, 2.75) is 33.2 Å². The first-order valence-corrected chi connectivity index (χ1v) is 10.1. The molecule has 0 aliphatic heterocycles. The van der Waals surface area contributed by atoms with Gasteiger partial charge in [-0.1, -0.05) is 18.2 Å². The fourth-order valence-electron chi connectivity index (χ4n) is 3.16. The number of thiazole rings is 1. The fraction of sp³-hybridized carbons (Fsp3) is 0.273. The normalized spacial score (nSPS) is 10.7. The lowest BCUT2D eigenvalue weighted by Crippen LogP contribution is -2.12. The van der Waals surface area contributed by atoms with E-state index in [1.807, 2.05) is 35.7 Å². The minimum Gasteiger partial charge on any atom is -0.497 e. The number of carbonyl (C=O) groups excluding carboxylic acids is 1. The number of ether oxygens (including phenoxy) is 1. The maximum absolute atomic E-state index is 12.3. The number of nitrogens with one attached hydrogen (secondary N) is 1. The van der Waals surface area contributed by atoms with Crippen LogP contribution >= 0.6 is 11.3 Å². The second kappa shape index (κ2) is 8.89. The van der Waals surface area contributed by atoms with Crippen LogP contribution in [0.5, 0.6) is 5.75 Å². The minimum absolute atomic E-state index is 0.0335. The third-order valence-corrected chi connectivity index (χ3v) is 5.47. The van der Waals surface area contributed by atoms with Gasteiger partial charge < -0.3 is 14.6 Å². The Labute approximate surface area is 169 Å². The molecule has 0 aliphatic carbocycles. The highest BCUT2D eigenvalue weighted by molar-refractivity contribution is 7.14. The monoisotopic (exact) mass is 395 g/mol. The Bertz CT molecular complexity index is 970. The van der Waals surface area contributed by atoms with Crippen LogP contribution in [0.2, 0.25) is 0 Å². The van der Waals surface area contributed by atoms with E-state index in [0.29, 0.717) is 18.0 Å². The Morgan fingerprint density at radius 1 is 1.32 bits per heavy atom. The number of rotatable bonds is 8. The van der Waals surface area contributed by atoms with Gasteiger partial charge in [-0.05, 0) is 44.0 Å². The van der Waals surface area contributed by atoms with E-state index in [1.165, 1.54) is 17.0 Å². The van der Waals surface area contributed by atoms with Crippen LogP contribution in [-0.4, -0.2) is 22.6 Å². The summed E-state index contributed by atoms with van der Waals surface area (Å²) in [5, 5.41) is 5.52. The van der Waals surface area contributed by atoms with Crippen LogP contribution in [0.25, 0.3) is 11.3 Å². The summed E-state index contributed by atoms with van der Waals surface area (Å²) in [6, 6.07) is 9.90. The van der Waals surface area contributed by atoms with Gasteiger partial charge in [0, 0.05) is 35.3 Å². The zero-order chi connectivity index (χ0) is 20.1. The molecule has 5 nitrogen and oxygen atoms in total. The molecular weight excluding hydrogens is 370 g/mol. The van der Waals surface area contributed by atoms with E-state index in [9.17, 15) is 4.79 Å². The molecule has 1 aromatic carbocycles. The first kappa shape index (κ1) is 19.9. The predicted octanol–water partition coefficient (Wildman–Crippen LogP) is 4.99. The summed E-state index contributed by atoms with van der Waals surface area (Å²) in [6.45, 7) is 8.75. The van der Waals surface area contributed by atoms with Crippen LogP contribution in [0.4, 0.5) is 5.13 Å². The van der Waals surface area contributed by atoms with Crippen LogP contribution in [-0.2, 0) is 17.8 Å². The maximum Gasteiger partial charge on any atom is 0.226 e. The summed E-state index contributed by atoms with van der Waals surface area (Å²) in [5.41, 5.74) is 5.41. The van der Waals surface area contributed by atoms with Gasteiger partial charge in [0.25, 0.3) is 0 Å². The number of aryl methyl sites for hydroxylation is 2. The topological polar surface area (TPSA) is 56.2 Å². The Hall–Kier alpha value is -2.86. The average Bonchev–Trinajstić information content (AvgIpc) is 3.26. The minimum atomic E-state index is -0.0335. The maximum atomic E-state index is 12.3. The van der Waals surface area contributed by atoms with E-state index < -0.39 is 0 Å². The quantitative estimate of drug-likeness (QED) is 0.547. The zero-order valence-electron chi connectivity index (χ0n) is 16.5. The number of anilines is 1. The Morgan fingerprint density at radius 3 is 2.75 bits per heavy atom. The van der Waals surface area contributed by atoms with Gasteiger partial charge in [0.05, 0.1) is 12.8 Å². The molecule has 0 saturated carbocycles. The highest BCUT2D eigenvalue weighted by atomic mass is 32.1. The molecule has 0 saturated heterocycles. The lowest BCUT2D eigenvalue weighted by Gasteiger charge is -2.05. The molecule has 146 valence electrons. The number of nitrogens with zero attached hydrogens (tertiary/aromatic N) is 2. The van der Waals surface area contributed by atoms with E-state index in [0.717, 1.165) is 34.8 Å². The summed E-state index contributed by atoms with van der Waals surface area (Å²) in [4.78, 5) is 16.9. The van der Waals surface area contributed by atoms with Crippen molar-refractivity contribution in [3.63, 3.8) is 0 Å². The number of hydrogen-bond acceptors (Lipinski definition) is 4. The molecule has 3 aromatic rings. The van der Waals surface area contributed by atoms with Crippen molar-refractivity contribution in [2.75, 3.05) is 12.4 Å². The SMILES string of the molecule is C=CCn1c(C)cc(-c2csc(NC(=O)CCc3ccc(OC)cc3)n2)c1C. The van der Waals surface area contributed by atoms with Crippen molar-refractivity contribution in [1.29, 1.82) is 0 Å². The standard InChI is InChI=1S/C22H25N3O2S/c1-5-12-25-15(2)13-19(16(25)3)20-14-28-22(23-20)24-21(26)11-8-17-6-9-18(27-4)10-7-17/h5-7,9-10,13-14H,1,8,11-12H2,2-4H3,(H,23,24,26). The van der Waals surface area contributed by atoms with Crippen molar-refractivity contribution >= 4 is 22.4 Å². The lowest BCUT2D eigenvalue weighted by molar-refractivity contribution is -0.116. The van der Waals surface area contributed by atoms with E-state index in [1.54, 1.807) is 7.11 Å². The Kier molecular flexibility index (Phi) is 6.31. The fourth-order valence-corrected chi connectivity index (χ4v) is 3.88. The van der Waals surface area contributed by atoms with Crippen LogP contribution in [0, 0.1) is 13.8 Å². The van der Waals surface area contributed by atoms with Crippen LogP contribution < -0.4 is 10.1 Å². The molecule has 28 heavy (non-hydrogen) atoms. The largest absolute Gasteiger partial charge is 0.497 e. The molecule has 2 heterocycles. The number of aromatic nitrogens is 2. The Balaban J connectivity index is 1.61. The van der Waals surface area contributed by atoms with Crippen molar-refractivity contribution in [1.82, 2.24) is 9.55 Å². The first-order chi connectivity index (χ1) is 13.5. The zero-order valence-corrected chi connectivity index (χ0v) is 17.3. The van der Waals surface area contributed by atoms with Gasteiger partial charge in [-0.15, -0.1) is 17.9 Å². The highest BCUT2D eigenvalue weighted by Gasteiger charge is 2.14. The molecule has 0 radical (unpaired) electrons. The van der Waals surface area contributed by atoms with Crippen LogP contribution in [0.3, 0.4) is 0 Å². The summed E-state index contributed by atoms with van der Waals surface area (Å²) in [5.74, 6) is 0.782. The molecule has 1 N–H and O–H groups in total. The number of allylic oxidation sites excluding steroid dienone is 1. The van der Waals surface area contributed by atoms with Crippen LogP contribution in [0.1, 0.15) is 23.4 Å². The second-order valence-electron chi connectivity index (χ2n) is 6.62. The molecule has 0 unspecified atom stereocenters. The van der Waals surface area contributed by atoms with Gasteiger partial charge in [-0.3, -0.25) is 4.79 Å². The van der Waals surface area contributed by atoms with Gasteiger partial charge in [0.2, 0.25) is 5.91 Å². The smallest absolute Gasteiger partial charge is 0.226 e. The molecule has 2 aromatic heterocycles. The molecule has 3 rings (SSSR count). The van der Waals surface area contributed by atoms with E-state index in [-0.39, 0.29) is 5.91 Å². The lowest BCUT2D eigenvalue weighted by atomic mass is 10.1. The van der Waals surface area contributed by atoms with Crippen molar-refractivity contribution in [2.24, 2.45) is 0 Å². The predicted molar refractivity (Wildman–Crippen MR) is 115 cm³/mol. The third-order valence-electron chi connectivity index (χ3n) is 4.71. The summed E-state index contributed by atoms with van der Waals surface area (Å²) in [7, 11) is 1.64. The summed E-state index contributed by atoms with van der Waals surface area (Å²) >= 11 is 1.45. The summed E-state index contributed by atoms with van der Waals surface area (Å²) in [6.07, 6.45) is 2.98. The van der Waals surface area contributed by atoms with Crippen LogP contribution in [0.15, 0.2) is 48.4 Å². The van der Waals surface area contributed by atoms with E-state index in [2.05, 4.69) is 41.4 Å². The molecule has 1 amide bonds. The molecule has 6 heteroatoms. The van der Waals surface area contributed by atoms with Gasteiger partial charge in [-0.2, -0.15) is 0 Å². The molecule has 0 aliphatic rings. The molecule has 0 fully saturated rings. The van der Waals surface area contributed by atoms with Gasteiger partial charge in [0.15, 0.2) is 5.13 Å². The number of amides is 1. The first-order valence-electron chi connectivity index (χ1n) is 9.18. The van der Waals surface area contributed by atoms with E-state index >= 15 is 0 Å². The Morgan fingerprint density at radius 2 is 2.07 bits per heavy atom. The average molecular weight is 396 g/mol. The number of carbonyl (C=O) groups is 1. The van der Waals surface area contributed by atoms with Gasteiger partial charge in [-0.25, -0.2) is 4.98 Å². The third kappa shape index (κ3) is 4.51. The molecule has 0 bridgehead atoms. The van der Waals surface area contributed by atoms with Crippen molar-refractivity contribution in [3.8, 4) is 17.0 Å². The summed E-state index contributed by atoms with van der Waals surface area (Å²) < 4.78 is 7.35. The molecule has 0 spiro atoms. The van der Waals surface area contributed by atoms with Gasteiger partial charge >= 0.3 is 0 Å². The van der Waals surface area contributed by atoms with Gasteiger partial charge in [0.1, 0.15) is 5.75 Å². The van der Waals surface area contributed by atoms with E-state index in [4.69, 9.17) is 4.74 Å². The van der Waals surface area contributed by atoms with Crippen molar-refractivity contribution in [3.05, 3.63) is 65.3 Å². The molecular formula is C22H25N3O2S. The second-order valence-corrected chi connectivity index (χ2v) is 7.48. The van der Waals surface area contributed by atoms with Crippen molar-refractivity contribution < 1.29 is 9.53 Å².